The molecular formula is C19H34IN5OS. The van der Waals surface area contributed by atoms with Crippen molar-refractivity contribution in [2.75, 3.05) is 31.1 Å². The second kappa shape index (κ2) is 13.2. The molecule has 2 heterocycles. The van der Waals surface area contributed by atoms with Crippen molar-refractivity contribution in [2.24, 2.45) is 4.99 Å². The summed E-state index contributed by atoms with van der Waals surface area (Å²) in [6.07, 6.45) is 3.56. The van der Waals surface area contributed by atoms with Crippen LogP contribution in [0.1, 0.15) is 46.5 Å². The van der Waals surface area contributed by atoms with Gasteiger partial charge in [0, 0.05) is 38.1 Å². The van der Waals surface area contributed by atoms with E-state index in [9.17, 15) is 4.79 Å². The number of piperidine rings is 1. The Labute approximate surface area is 184 Å². The van der Waals surface area contributed by atoms with Crippen LogP contribution in [0.15, 0.2) is 22.5 Å². The molecule has 1 saturated heterocycles. The largest absolute Gasteiger partial charge is 0.363 e. The lowest BCUT2D eigenvalue weighted by molar-refractivity contribution is -0.121. The molecule has 0 spiro atoms. The van der Waals surface area contributed by atoms with E-state index in [1.54, 1.807) is 11.3 Å². The first kappa shape index (κ1) is 24.0. The third-order valence-electron chi connectivity index (χ3n) is 4.63. The van der Waals surface area contributed by atoms with Crippen molar-refractivity contribution in [3.05, 3.63) is 17.5 Å². The standard InChI is InChI=1S/C19H33N5OS.HI/c1-4-15(3)22-17(25)8-11-21-19(20-5-2)23-16-9-12-24(13-10-16)18-7-6-14-26-18;/h6-7,14-16H,4-5,8-13H2,1-3H3,(H,22,25)(H2,20,21,23);1H. The maximum absolute atomic E-state index is 11.9. The van der Waals surface area contributed by atoms with Gasteiger partial charge in [-0.1, -0.05) is 6.92 Å². The lowest BCUT2D eigenvalue weighted by Gasteiger charge is -2.33. The molecular weight excluding hydrogens is 473 g/mol. The number of carbonyl (C=O) groups excluding carboxylic acids is 1. The van der Waals surface area contributed by atoms with E-state index in [1.807, 2.05) is 6.92 Å². The van der Waals surface area contributed by atoms with Crippen molar-refractivity contribution < 1.29 is 4.79 Å². The number of aliphatic imine (C=N–C) groups is 1. The molecule has 0 aliphatic carbocycles. The number of halogens is 1. The average molecular weight is 507 g/mol. The number of amides is 1. The van der Waals surface area contributed by atoms with Gasteiger partial charge in [-0.3, -0.25) is 9.79 Å². The zero-order valence-electron chi connectivity index (χ0n) is 16.7. The van der Waals surface area contributed by atoms with Gasteiger partial charge in [-0.25, -0.2) is 0 Å². The molecule has 27 heavy (non-hydrogen) atoms. The fraction of sp³-hybridized carbons (Fsp3) is 0.684. The smallest absolute Gasteiger partial charge is 0.222 e. The first-order chi connectivity index (χ1) is 12.6. The highest BCUT2D eigenvalue weighted by Gasteiger charge is 2.20. The number of anilines is 1. The van der Waals surface area contributed by atoms with Crippen molar-refractivity contribution in [3.8, 4) is 0 Å². The van der Waals surface area contributed by atoms with Gasteiger partial charge < -0.3 is 20.9 Å². The summed E-state index contributed by atoms with van der Waals surface area (Å²) in [5.41, 5.74) is 0. The molecule has 0 saturated carbocycles. The molecule has 3 N–H and O–H groups in total. The van der Waals surface area contributed by atoms with Crippen molar-refractivity contribution >= 4 is 52.2 Å². The van der Waals surface area contributed by atoms with E-state index in [2.05, 4.69) is 57.2 Å². The molecule has 0 aromatic carbocycles. The molecule has 1 unspecified atom stereocenters. The fourth-order valence-electron chi connectivity index (χ4n) is 2.93. The lowest BCUT2D eigenvalue weighted by Crippen LogP contribution is -2.48. The number of nitrogens with zero attached hydrogens (tertiary/aromatic N) is 2. The van der Waals surface area contributed by atoms with Crippen LogP contribution in [0.25, 0.3) is 0 Å². The van der Waals surface area contributed by atoms with Crippen LogP contribution in [0, 0.1) is 0 Å². The number of rotatable bonds is 8. The van der Waals surface area contributed by atoms with E-state index in [0.29, 0.717) is 19.0 Å². The van der Waals surface area contributed by atoms with E-state index >= 15 is 0 Å². The number of carbonyl (C=O) groups is 1. The predicted molar refractivity (Wildman–Crippen MR) is 127 cm³/mol. The molecule has 1 aliphatic heterocycles. The average Bonchev–Trinajstić information content (AvgIpc) is 3.17. The second-order valence-corrected chi connectivity index (χ2v) is 7.67. The number of guanidine groups is 1. The Balaban J connectivity index is 0.00000364. The molecule has 154 valence electrons. The number of nitrogens with one attached hydrogen (secondary N) is 3. The Morgan fingerprint density at radius 3 is 2.70 bits per heavy atom. The van der Waals surface area contributed by atoms with Crippen LogP contribution in [-0.4, -0.2) is 50.1 Å². The van der Waals surface area contributed by atoms with E-state index in [0.717, 1.165) is 44.9 Å². The minimum Gasteiger partial charge on any atom is -0.363 e. The molecule has 1 amide bonds. The normalized spacial score (nSPS) is 16.4. The van der Waals surface area contributed by atoms with Crippen LogP contribution in [0.5, 0.6) is 0 Å². The Kier molecular flexibility index (Phi) is 11.7. The first-order valence-corrected chi connectivity index (χ1v) is 10.6. The fourth-order valence-corrected chi connectivity index (χ4v) is 3.71. The van der Waals surface area contributed by atoms with Gasteiger partial charge in [0.2, 0.25) is 5.91 Å². The number of hydrogen-bond acceptors (Lipinski definition) is 4. The maximum Gasteiger partial charge on any atom is 0.222 e. The molecule has 6 nitrogen and oxygen atoms in total. The van der Waals surface area contributed by atoms with Crippen LogP contribution in [0.3, 0.4) is 0 Å². The molecule has 1 aromatic heterocycles. The lowest BCUT2D eigenvalue weighted by atomic mass is 10.1. The monoisotopic (exact) mass is 507 g/mol. The second-order valence-electron chi connectivity index (χ2n) is 6.74. The predicted octanol–water partition coefficient (Wildman–Crippen LogP) is 3.19. The zero-order chi connectivity index (χ0) is 18.8. The summed E-state index contributed by atoms with van der Waals surface area (Å²) in [4.78, 5) is 18.9. The van der Waals surface area contributed by atoms with Crippen LogP contribution in [0.2, 0.25) is 0 Å². The van der Waals surface area contributed by atoms with Crippen molar-refractivity contribution in [2.45, 2.75) is 58.5 Å². The molecule has 1 fully saturated rings. The van der Waals surface area contributed by atoms with Crippen molar-refractivity contribution in [1.29, 1.82) is 0 Å². The van der Waals surface area contributed by atoms with E-state index < -0.39 is 0 Å². The number of thiophene rings is 1. The van der Waals surface area contributed by atoms with Crippen LogP contribution < -0.4 is 20.9 Å². The Morgan fingerprint density at radius 1 is 1.37 bits per heavy atom. The SMILES string of the molecule is CCNC(=NCCC(=O)NC(C)CC)NC1CCN(c2cccs2)CC1.I. The molecule has 1 atom stereocenters. The summed E-state index contributed by atoms with van der Waals surface area (Å²) in [6, 6.07) is 4.95. The zero-order valence-corrected chi connectivity index (χ0v) is 19.8. The molecule has 0 radical (unpaired) electrons. The van der Waals surface area contributed by atoms with Gasteiger partial charge >= 0.3 is 0 Å². The van der Waals surface area contributed by atoms with E-state index in [4.69, 9.17) is 0 Å². The van der Waals surface area contributed by atoms with Gasteiger partial charge in [0.1, 0.15) is 0 Å². The molecule has 2 rings (SSSR count). The van der Waals surface area contributed by atoms with Crippen molar-refractivity contribution in [3.63, 3.8) is 0 Å². The van der Waals surface area contributed by atoms with E-state index in [1.165, 1.54) is 5.00 Å². The molecule has 1 aromatic rings. The molecule has 1 aliphatic rings. The summed E-state index contributed by atoms with van der Waals surface area (Å²) in [7, 11) is 0. The minimum atomic E-state index is 0. The summed E-state index contributed by atoms with van der Waals surface area (Å²) in [6.45, 7) is 9.61. The van der Waals surface area contributed by atoms with Gasteiger partial charge in [0.25, 0.3) is 0 Å². The van der Waals surface area contributed by atoms with Crippen LogP contribution >= 0.6 is 35.3 Å². The van der Waals surface area contributed by atoms with Crippen LogP contribution in [0.4, 0.5) is 5.00 Å². The summed E-state index contributed by atoms with van der Waals surface area (Å²) < 4.78 is 0. The van der Waals surface area contributed by atoms with Gasteiger partial charge in [-0.15, -0.1) is 35.3 Å². The number of hydrogen-bond donors (Lipinski definition) is 3. The summed E-state index contributed by atoms with van der Waals surface area (Å²) >= 11 is 1.80. The molecule has 0 bridgehead atoms. The van der Waals surface area contributed by atoms with E-state index in [-0.39, 0.29) is 35.9 Å². The Bertz CT molecular complexity index is 558. The van der Waals surface area contributed by atoms with Crippen LogP contribution in [-0.2, 0) is 4.79 Å². The Hall–Kier alpha value is -1.03. The highest BCUT2D eigenvalue weighted by atomic mass is 127. The maximum atomic E-state index is 11.9. The topological polar surface area (TPSA) is 68.8 Å². The summed E-state index contributed by atoms with van der Waals surface area (Å²) in [5.74, 6) is 0.890. The highest BCUT2D eigenvalue weighted by molar-refractivity contribution is 14.0. The Morgan fingerprint density at radius 2 is 2.11 bits per heavy atom. The van der Waals surface area contributed by atoms with Crippen molar-refractivity contribution in [1.82, 2.24) is 16.0 Å². The van der Waals surface area contributed by atoms with Gasteiger partial charge in [0.15, 0.2) is 5.96 Å². The summed E-state index contributed by atoms with van der Waals surface area (Å²) in [5, 5.41) is 13.3. The molecule has 8 heteroatoms. The third kappa shape index (κ3) is 8.68. The minimum absolute atomic E-state index is 0. The van der Waals surface area contributed by atoms with Gasteiger partial charge in [-0.2, -0.15) is 0 Å². The highest BCUT2D eigenvalue weighted by Crippen LogP contribution is 2.24. The van der Waals surface area contributed by atoms with Gasteiger partial charge in [-0.05, 0) is 50.6 Å². The first-order valence-electron chi connectivity index (χ1n) is 9.75. The quantitative estimate of drug-likeness (QED) is 0.287. The van der Waals surface area contributed by atoms with Gasteiger partial charge in [0.05, 0.1) is 11.5 Å². The third-order valence-corrected chi connectivity index (χ3v) is 5.56.